The molecule has 2 heterocycles. The molecule has 0 bridgehead atoms. The summed E-state index contributed by atoms with van der Waals surface area (Å²) in [4.78, 5) is -0.119. The smallest absolute Gasteiger partial charge is 0.243 e. The van der Waals surface area contributed by atoms with Gasteiger partial charge in [-0.2, -0.15) is 4.31 Å². The molecule has 2 aliphatic rings. The molecule has 1 N–H and O–H groups in total. The van der Waals surface area contributed by atoms with Crippen molar-refractivity contribution in [3.05, 3.63) is 24.3 Å². The summed E-state index contributed by atoms with van der Waals surface area (Å²) in [7, 11) is -11.0. The van der Waals surface area contributed by atoms with E-state index in [4.69, 9.17) is 4.74 Å². The van der Waals surface area contributed by atoms with Crippen molar-refractivity contribution in [1.29, 1.82) is 0 Å². The van der Waals surface area contributed by atoms with Crippen LogP contribution >= 0.6 is 0 Å². The van der Waals surface area contributed by atoms with Crippen LogP contribution in [0.15, 0.2) is 34.1 Å². The summed E-state index contributed by atoms with van der Waals surface area (Å²) in [6.07, 6.45) is 0.193. The summed E-state index contributed by atoms with van der Waals surface area (Å²) in [5.74, 6) is -0.328. The molecule has 27 heavy (non-hydrogen) atoms. The molecule has 0 spiro atoms. The summed E-state index contributed by atoms with van der Waals surface area (Å²) in [6.45, 7) is 2.67. The Kier molecular flexibility index (Phi) is 5.42. The van der Waals surface area contributed by atoms with Crippen molar-refractivity contribution in [2.45, 2.75) is 28.7 Å². The van der Waals surface area contributed by atoms with E-state index >= 15 is 0 Å². The maximum Gasteiger partial charge on any atom is 0.243 e. The monoisotopic (exact) mass is 438 g/mol. The van der Waals surface area contributed by atoms with Crippen LogP contribution in [-0.2, 0) is 34.6 Å². The normalized spacial score (nSPS) is 26.9. The first-order chi connectivity index (χ1) is 12.4. The fraction of sp³-hybridized carbons (Fsp3) is 0.600. The molecule has 9 nitrogen and oxygen atoms in total. The van der Waals surface area contributed by atoms with Gasteiger partial charge in [0.05, 0.1) is 34.5 Å². The number of nitrogens with zero attached hydrogens (tertiary/aromatic N) is 1. The summed E-state index contributed by atoms with van der Waals surface area (Å²) in [5.41, 5.74) is -1.07. The minimum Gasteiger partial charge on any atom is -0.379 e. The number of morpholine rings is 1. The highest BCUT2D eigenvalue weighted by Gasteiger charge is 2.41. The van der Waals surface area contributed by atoms with Gasteiger partial charge in [0.15, 0.2) is 9.84 Å². The third-order valence-electron chi connectivity index (χ3n) is 4.63. The van der Waals surface area contributed by atoms with E-state index in [9.17, 15) is 25.3 Å². The molecule has 3 rings (SSSR count). The van der Waals surface area contributed by atoms with Crippen molar-refractivity contribution in [3.63, 3.8) is 0 Å². The van der Waals surface area contributed by atoms with Gasteiger partial charge in [-0.25, -0.2) is 30.0 Å². The van der Waals surface area contributed by atoms with Crippen molar-refractivity contribution in [2.24, 2.45) is 0 Å². The molecule has 0 aliphatic carbocycles. The van der Waals surface area contributed by atoms with Gasteiger partial charge in [0.25, 0.3) is 0 Å². The van der Waals surface area contributed by atoms with E-state index in [0.717, 1.165) is 0 Å². The second-order valence-electron chi connectivity index (χ2n) is 7.00. The number of nitrogens with one attached hydrogen (secondary N) is 1. The Morgan fingerprint density at radius 2 is 1.59 bits per heavy atom. The molecular weight excluding hydrogens is 416 g/mol. The molecule has 1 atom stereocenters. The zero-order chi connectivity index (χ0) is 19.9. The highest BCUT2D eigenvalue weighted by Crippen LogP contribution is 2.26. The molecule has 1 aromatic carbocycles. The first-order valence-electron chi connectivity index (χ1n) is 8.36. The van der Waals surface area contributed by atoms with Crippen molar-refractivity contribution in [3.8, 4) is 0 Å². The summed E-state index contributed by atoms with van der Waals surface area (Å²) in [6, 6.07) is 4.91. The van der Waals surface area contributed by atoms with E-state index in [1.165, 1.54) is 28.6 Å². The predicted octanol–water partition coefficient (Wildman–Crippen LogP) is -0.437. The van der Waals surface area contributed by atoms with Gasteiger partial charge in [-0.1, -0.05) is 0 Å². The van der Waals surface area contributed by atoms with Gasteiger partial charge in [-0.05, 0) is 37.6 Å². The summed E-state index contributed by atoms with van der Waals surface area (Å²) >= 11 is 0. The van der Waals surface area contributed by atoms with Gasteiger partial charge in [0.2, 0.25) is 20.0 Å². The van der Waals surface area contributed by atoms with Crippen molar-refractivity contribution in [2.75, 3.05) is 37.8 Å². The second-order valence-corrected chi connectivity index (χ2v) is 12.8. The fourth-order valence-electron chi connectivity index (χ4n) is 3.20. The predicted molar refractivity (Wildman–Crippen MR) is 98.0 cm³/mol. The van der Waals surface area contributed by atoms with Gasteiger partial charge >= 0.3 is 0 Å². The zero-order valence-electron chi connectivity index (χ0n) is 14.8. The van der Waals surface area contributed by atoms with Crippen LogP contribution in [0.4, 0.5) is 0 Å². The van der Waals surface area contributed by atoms with Crippen LogP contribution in [0.25, 0.3) is 0 Å². The molecular formula is C15H22N2O7S3. The van der Waals surface area contributed by atoms with Gasteiger partial charge in [-0.15, -0.1) is 0 Å². The molecule has 0 saturated carbocycles. The first kappa shape index (κ1) is 20.7. The van der Waals surface area contributed by atoms with Crippen LogP contribution in [0.1, 0.15) is 13.3 Å². The molecule has 0 amide bonds. The van der Waals surface area contributed by atoms with E-state index in [1.54, 1.807) is 6.92 Å². The minimum absolute atomic E-state index is 0.00185. The van der Waals surface area contributed by atoms with Crippen LogP contribution in [0, 0.1) is 0 Å². The molecule has 0 radical (unpaired) electrons. The van der Waals surface area contributed by atoms with Gasteiger partial charge < -0.3 is 4.74 Å². The van der Waals surface area contributed by atoms with E-state index < -0.39 is 35.4 Å². The average molecular weight is 439 g/mol. The minimum atomic E-state index is -3.98. The summed E-state index contributed by atoms with van der Waals surface area (Å²) < 4.78 is 82.5. The van der Waals surface area contributed by atoms with Gasteiger partial charge in [0.1, 0.15) is 0 Å². The van der Waals surface area contributed by atoms with Crippen LogP contribution in [0.3, 0.4) is 0 Å². The van der Waals surface area contributed by atoms with Crippen LogP contribution in [-0.4, -0.2) is 72.9 Å². The molecule has 1 aromatic rings. The topological polar surface area (TPSA) is 127 Å². The number of hydrogen-bond acceptors (Lipinski definition) is 7. The molecule has 12 heteroatoms. The van der Waals surface area contributed by atoms with Crippen molar-refractivity contribution in [1.82, 2.24) is 9.03 Å². The quantitative estimate of drug-likeness (QED) is 0.660. The Morgan fingerprint density at radius 1 is 1.04 bits per heavy atom. The number of sulfonamides is 2. The lowest BCUT2D eigenvalue weighted by Gasteiger charge is -2.26. The lowest BCUT2D eigenvalue weighted by molar-refractivity contribution is 0.0730. The zero-order valence-corrected chi connectivity index (χ0v) is 17.2. The Balaban J connectivity index is 1.80. The lowest BCUT2D eigenvalue weighted by atomic mass is 10.0. The number of ether oxygens (including phenoxy) is 1. The second kappa shape index (κ2) is 7.08. The molecule has 2 aliphatic heterocycles. The summed E-state index contributed by atoms with van der Waals surface area (Å²) in [5, 5.41) is 0. The Hall–Kier alpha value is -1.05. The molecule has 2 saturated heterocycles. The molecule has 152 valence electrons. The van der Waals surface area contributed by atoms with Gasteiger partial charge in [0, 0.05) is 18.6 Å². The first-order valence-corrected chi connectivity index (χ1v) is 13.1. The highest BCUT2D eigenvalue weighted by atomic mass is 32.2. The standard InChI is InChI=1S/C15H22N2O7S3/c1-15(6-11-25(18,19)12-15)16-26(20,21)13-2-4-14(5-3-13)27(22,23)17-7-9-24-10-8-17/h2-5,16H,6-12H2,1H3/t15-/m0/s1. The van der Waals surface area contributed by atoms with Crippen molar-refractivity contribution < 1.29 is 30.0 Å². The van der Waals surface area contributed by atoms with E-state index in [-0.39, 0.29) is 40.8 Å². The number of sulfone groups is 1. The van der Waals surface area contributed by atoms with Crippen LogP contribution < -0.4 is 4.72 Å². The van der Waals surface area contributed by atoms with E-state index in [0.29, 0.717) is 13.2 Å². The maximum absolute atomic E-state index is 12.6. The molecule has 0 unspecified atom stereocenters. The van der Waals surface area contributed by atoms with E-state index in [1.807, 2.05) is 0 Å². The number of rotatable bonds is 5. The third-order valence-corrected chi connectivity index (χ3v) is 10.1. The lowest BCUT2D eigenvalue weighted by Crippen LogP contribution is -2.46. The third kappa shape index (κ3) is 4.51. The maximum atomic E-state index is 12.6. The fourth-order valence-corrected chi connectivity index (χ4v) is 8.23. The van der Waals surface area contributed by atoms with Crippen LogP contribution in [0.5, 0.6) is 0 Å². The SMILES string of the molecule is C[C@]1(NS(=O)(=O)c2ccc(S(=O)(=O)N3CCOCC3)cc2)CCS(=O)(=O)C1. The van der Waals surface area contributed by atoms with Crippen LogP contribution in [0.2, 0.25) is 0 Å². The Bertz CT molecular complexity index is 1010. The van der Waals surface area contributed by atoms with Crippen molar-refractivity contribution >= 4 is 29.9 Å². The molecule has 2 fully saturated rings. The van der Waals surface area contributed by atoms with Gasteiger partial charge in [-0.3, -0.25) is 0 Å². The number of hydrogen-bond donors (Lipinski definition) is 1. The number of benzene rings is 1. The highest BCUT2D eigenvalue weighted by molar-refractivity contribution is 7.92. The van der Waals surface area contributed by atoms with E-state index in [2.05, 4.69) is 4.72 Å². The molecule has 0 aromatic heterocycles. The Morgan fingerprint density at radius 3 is 2.11 bits per heavy atom. The average Bonchev–Trinajstić information content (AvgIpc) is 2.88. The Labute approximate surface area is 159 Å². The largest absolute Gasteiger partial charge is 0.379 e.